The van der Waals surface area contributed by atoms with Gasteiger partial charge in [0.15, 0.2) is 0 Å². The molecule has 2 fully saturated rings. The van der Waals surface area contributed by atoms with Gasteiger partial charge in [-0.1, -0.05) is 6.42 Å². The minimum absolute atomic E-state index is 0.607. The summed E-state index contributed by atoms with van der Waals surface area (Å²) in [5.74, 6) is 0. The van der Waals surface area contributed by atoms with E-state index in [0.717, 1.165) is 16.6 Å². The van der Waals surface area contributed by atoms with Crippen LogP contribution in [0.1, 0.15) is 32.1 Å². The summed E-state index contributed by atoms with van der Waals surface area (Å²) in [4.78, 5) is 6.71. The molecule has 98 valence electrons. The summed E-state index contributed by atoms with van der Waals surface area (Å²) in [5, 5.41) is 3.68. The Morgan fingerprint density at radius 2 is 2.06 bits per heavy atom. The molecular weight excluding hydrogens is 290 g/mol. The van der Waals surface area contributed by atoms with Crippen LogP contribution in [0.4, 0.5) is 5.69 Å². The molecule has 2 atom stereocenters. The summed E-state index contributed by atoms with van der Waals surface area (Å²) >= 11 is 3.56. The van der Waals surface area contributed by atoms with Gasteiger partial charge in [-0.25, -0.2) is 0 Å². The van der Waals surface area contributed by atoms with Crippen LogP contribution in [0.15, 0.2) is 22.9 Å². The predicted octanol–water partition coefficient (Wildman–Crippen LogP) is 3.27. The van der Waals surface area contributed by atoms with Crippen molar-refractivity contribution < 1.29 is 0 Å². The lowest BCUT2D eigenvalue weighted by atomic mass is 9.82. The molecule has 2 unspecified atom stereocenters. The van der Waals surface area contributed by atoms with E-state index in [1.54, 1.807) is 0 Å². The highest BCUT2D eigenvalue weighted by Gasteiger charge is 2.35. The minimum Gasteiger partial charge on any atom is -0.381 e. The Hall–Kier alpha value is -0.610. The van der Waals surface area contributed by atoms with E-state index in [-0.39, 0.29) is 0 Å². The number of hydrogen-bond donors (Lipinski definition) is 1. The van der Waals surface area contributed by atoms with Crippen LogP contribution in [0.2, 0.25) is 0 Å². The molecule has 2 aliphatic heterocycles. The Morgan fingerprint density at radius 1 is 1.33 bits per heavy atom. The van der Waals surface area contributed by atoms with E-state index in [1.165, 1.54) is 37.8 Å². The number of nitrogens with zero attached hydrogens (tertiary/aromatic N) is 2. The Morgan fingerprint density at radius 3 is 2.72 bits per heavy atom. The molecule has 0 saturated carbocycles. The molecule has 4 heteroatoms. The molecule has 0 radical (unpaired) electrons. The number of rotatable bonds is 2. The molecule has 2 saturated heterocycles. The standard InChI is InChI=1S/C14H20BrN3/c1-18-11-3-2-4-12(18)8-10(7-11)17-14-5-6-16-9-13(14)15/h5-6,9-12H,2-4,7-8H2,1H3,(H,16,17). The Balaban J connectivity index is 1.70. The average Bonchev–Trinajstić information content (AvgIpc) is 2.33. The van der Waals surface area contributed by atoms with Crippen molar-refractivity contribution in [3.8, 4) is 0 Å². The number of hydrogen-bond acceptors (Lipinski definition) is 3. The van der Waals surface area contributed by atoms with Crippen LogP contribution in [0, 0.1) is 0 Å². The van der Waals surface area contributed by atoms with Gasteiger partial charge in [0.1, 0.15) is 0 Å². The first kappa shape index (κ1) is 12.4. The molecule has 2 aliphatic rings. The summed E-state index contributed by atoms with van der Waals surface area (Å²) in [6.45, 7) is 0. The molecule has 3 rings (SSSR count). The third-order valence-electron chi connectivity index (χ3n) is 4.47. The number of nitrogens with one attached hydrogen (secondary N) is 1. The van der Waals surface area contributed by atoms with Crippen LogP contribution >= 0.6 is 15.9 Å². The van der Waals surface area contributed by atoms with Gasteiger partial charge in [-0.15, -0.1) is 0 Å². The maximum atomic E-state index is 4.11. The lowest BCUT2D eigenvalue weighted by molar-refractivity contribution is 0.0608. The fourth-order valence-electron chi connectivity index (χ4n) is 3.45. The Bertz CT molecular complexity index is 409. The average molecular weight is 310 g/mol. The maximum absolute atomic E-state index is 4.11. The van der Waals surface area contributed by atoms with E-state index in [1.807, 2.05) is 12.4 Å². The van der Waals surface area contributed by atoms with Gasteiger partial charge in [-0.05, 0) is 54.7 Å². The van der Waals surface area contributed by atoms with Gasteiger partial charge in [-0.3, -0.25) is 4.98 Å². The molecule has 2 bridgehead atoms. The SMILES string of the molecule is CN1C2CCCC1CC(Nc1ccncc1Br)C2. The number of halogens is 1. The number of anilines is 1. The van der Waals surface area contributed by atoms with Crippen molar-refractivity contribution in [1.82, 2.24) is 9.88 Å². The predicted molar refractivity (Wildman–Crippen MR) is 77.8 cm³/mol. The summed E-state index contributed by atoms with van der Waals surface area (Å²) in [6, 6.07) is 4.21. The highest BCUT2D eigenvalue weighted by molar-refractivity contribution is 9.10. The first-order chi connectivity index (χ1) is 8.74. The minimum atomic E-state index is 0.607. The lowest BCUT2D eigenvalue weighted by Gasteiger charge is -2.47. The van der Waals surface area contributed by atoms with E-state index in [0.29, 0.717) is 6.04 Å². The van der Waals surface area contributed by atoms with Crippen molar-refractivity contribution in [2.45, 2.75) is 50.2 Å². The van der Waals surface area contributed by atoms with Crippen molar-refractivity contribution in [3.63, 3.8) is 0 Å². The third kappa shape index (κ3) is 2.41. The molecule has 1 aromatic heterocycles. The zero-order valence-corrected chi connectivity index (χ0v) is 12.4. The molecule has 3 nitrogen and oxygen atoms in total. The first-order valence-corrected chi connectivity index (χ1v) is 7.61. The largest absolute Gasteiger partial charge is 0.381 e. The van der Waals surface area contributed by atoms with Gasteiger partial charge in [0, 0.05) is 30.5 Å². The van der Waals surface area contributed by atoms with Gasteiger partial charge in [0.25, 0.3) is 0 Å². The smallest absolute Gasteiger partial charge is 0.0590 e. The molecule has 0 aromatic carbocycles. The molecule has 0 aliphatic carbocycles. The van der Waals surface area contributed by atoms with Crippen LogP contribution in [0.5, 0.6) is 0 Å². The Labute approximate surface area is 117 Å². The number of piperidine rings is 2. The van der Waals surface area contributed by atoms with Gasteiger partial charge >= 0.3 is 0 Å². The molecule has 1 aromatic rings. The van der Waals surface area contributed by atoms with Crippen molar-refractivity contribution in [2.24, 2.45) is 0 Å². The van der Waals surface area contributed by atoms with Crippen LogP contribution in [0.3, 0.4) is 0 Å². The van der Waals surface area contributed by atoms with Gasteiger partial charge < -0.3 is 10.2 Å². The Kier molecular flexibility index (Phi) is 3.57. The molecule has 3 heterocycles. The first-order valence-electron chi connectivity index (χ1n) is 6.82. The summed E-state index contributed by atoms with van der Waals surface area (Å²) in [7, 11) is 2.30. The van der Waals surface area contributed by atoms with Gasteiger partial charge in [0.05, 0.1) is 10.2 Å². The normalized spacial score (nSPS) is 32.2. The maximum Gasteiger partial charge on any atom is 0.0590 e. The van der Waals surface area contributed by atoms with Crippen LogP contribution < -0.4 is 5.32 Å². The van der Waals surface area contributed by atoms with E-state index >= 15 is 0 Å². The summed E-state index contributed by atoms with van der Waals surface area (Å²) in [6.07, 6.45) is 10.4. The van der Waals surface area contributed by atoms with E-state index in [2.05, 4.69) is 44.2 Å². The lowest BCUT2D eigenvalue weighted by Crippen LogP contribution is -2.52. The van der Waals surface area contributed by atoms with Crippen LogP contribution in [-0.2, 0) is 0 Å². The molecule has 1 N–H and O–H groups in total. The third-order valence-corrected chi connectivity index (χ3v) is 5.10. The monoisotopic (exact) mass is 309 g/mol. The fraction of sp³-hybridized carbons (Fsp3) is 0.643. The second-order valence-corrected chi connectivity index (χ2v) is 6.43. The summed E-state index contributed by atoms with van der Waals surface area (Å²) < 4.78 is 1.06. The van der Waals surface area contributed by atoms with Crippen molar-refractivity contribution in [1.29, 1.82) is 0 Å². The second kappa shape index (κ2) is 5.17. The quantitative estimate of drug-likeness (QED) is 0.909. The van der Waals surface area contributed by atoms with Crippen LogP contribution in [0.25, 0.3) is 0 Å². The topological polar surface area (TPSA) is 28.2 Å². The molecule has 0 amide bonds. The molecule has 0 spiro atoms. The van der Waals surface area contributed by atoms with Gasteiger partial charge in [-0.2, -0.15) is 0 Å². The fourth-order valence-corrected chi connectivity index (χ4v) is 3.81. The highest BCUT2D eigenvalue weighted by Crippen LogP contribution is 2.34. The second-order valence-electron chi connectivity index (χ2n) is 5.57. The zero-order valence-electron chi connectivity index (χ0n) is 10.8. The zero-order chi connectivity index (χ0) is 12.5. The van der Waals surface area contributed by atoms with Gasteiger partial charge in [0.2, 0.25) is 0 Å². The number of pyridine rings is 1. The van der Waals surface area contributed by atoms with E-state index < -0.39 is 0 Å². The molecule has 18 heavy (non-hydrogen) atoms. The highest BCUT2D eigenvalue weighted by atomic mass is 79.9. The molecular formula is C14H20BrN3. The van der Waals surface area contributed by atoms with Crippen molar-refractivity contribution in [2.75, 3.05) is 12.4 Å². The van der Waals surface area contributed by atoms with E-state index in [4.69, 9.17) is 0 Å². The van der Waals surface area contributed by atoms with Crippen molar-refractivity contribution in [3.05, 3.63) is 22.9 Å². The number of fused-ring (bicyclic) bond motifs is 2. The number of aromatic nitrogens is 1. The van der Waals surface area contributed by atoms with E-state index in [9.17, 15) is 0 Å². The van der Waals surface area contributed by atoms with Crippen molar-refractivity contribution >= 4 is 21.6 Å². The summed E-state index contributed by atoms with van der Waals surface area (Å²) in [5.41, 5.74) is 1.18. The van der Waals surface area contributed by atoms with Crippen LogP contribution in [-0.4, -0.2) is 35.1 Å².